The molecule has 132 valence electrons. The van der Waals surface area contributed by atoms with E-state index in [4.69, 9.17) is 16.3 Å². The van der Waals surface area contributed by atoms with Gasteiger partial charge in [0.25, 0.3) is 0 Å². The number of piperidine rings is 1. The highest BCUT2D eigenvalue weighted by Gasteiger charge is 2.27. The van der Waals surface area contributed by atoms with E-state index in [1.165, 1.54) is 0 Å². The van der Waals surface area contributed by atoms with Crippen molar-refractivity contribution in [3.05, 3.63) is 34.9 Å². The van der Waals surface area contributed by atoms with Gasteiger partial charge in [-0.3, -0.25) is 4.79 Å². The average Bonchev–Trinajstić information content (AvgIpc) is 2.46. The van der Waals surface area contributed by atoms with E-state index < -0.39 is 5.60 Å². The molecular weight excluding hydrogens is 328 g/mol. The van der Waals surface area contributed by atoms with Crippen LogP contribution < -0.4 is 5.32 Å². The van der Waals surface area contributed by atoms with E-state index in [0.29, 0.717) is 24.5 Å². The van der Waals surface area contributed by atoms with Crippen molar-refractivity contribution in [3.8, 4) is 0 Å². The van der Waals surface area contributed by atoms with Gasteiger partial charge in [-0.05, 0) is 51.3 Å². The quantitative estimate of drug-likeness (QED) is 0.907. The second-order valence-electron chi connectivity index (χ2n) is 7.12. The summed E-state index contributed by atoms with van der Waals surface area (Å²) in [7, 11) is 0. The highest BCUT2D eigenvalue weighted by atomic mass is 35.5. The van der Waals surface area contributed by atoms with E-state index in [2.05, 4.69) is 5.32 Å². The number of likely N-dealkylation sites (tertiary alicyclic amines) is 1. The molecule has 0 bridgehead atoms. The highest BCUT2D eigenvalue weighted by Crippen LogP contribution is 2.16. The third-order valence-corrected chi connectivity index (χ3v) is 4.00. The second kappa shape index (κ2) is 7.88. The second-order valence-corrected chi connectivity index (χ2v) is 7.55. The molecule has 1 N–H and O–H groups in total. The molecule has 2 rings (SSSR count). The van der Waals surface area contributed by atoms with Crippen LogP contribution >= 0.6 is 11.6 Å². The summed E-state index contributed by atoms with van der Waals surface area (Å²) in [4.78, 5) is 25.9. The molecule has 1 heterocycles. The maximum Gasteiger partial charge on any atom is 0.410 e. The molecule has 1 saturated heterocycles. The zero-order valence-corrected chi connectivity index (χ0v) is 15.2. The molecule has 1 aliphatic heterocycles. The van der Waals surface area contributed by atoms with Crippen molar-refractivity contribution in [1.82, 2.24) is 10.2 Å². The Labute approximate surface area is 148 Å². The first kappa shape index (κ1) is 18.6. The predicted octanol–water partition coefficient (Wildman–Crippen LogP) is 3.40. The number of benzene rings is 1. The Hall–Kier alpha value is -1.75. The number of carbonyl (C=O) groups is 2. The van der Waals surface area contributed by atoms with Crippen molar-refractivity contribution >= 4 is 23.6 Å². The van der Waals surface area contributed by atoms with Crippen LogP contribution in [-0.4, -0.2) is 41.6 Å². The molecule has 24 heavy (non-hydrogen) atoms. The molecule has 0 saturated carbocycles. The van der Waals surface area contributed by atoms with Crippen LogP contribution in [0.25, 0.3) is 0 Å². The van der Waals surface area contributed by atoms with Crippen LogP contribution in [0.5, 0.6) is 0 Å². The lowest BCUT2D eigenvalue weighted by Gasteiger charge is -2.33. The minimum atomic E-state index is -0.487. The van der Waals surface area contributed by atoms with E-state index in [1.54, 1.807) is 17.0 Å². The zero-order chi connectivity index (χ0) is 17.7. The van der Waals surface area contributed by atoms with E-state index in [0.717, 1.165) is 18.4 Å². The van der Waals surface area contributed by atoms with E-state index in [1.807, 2.05) is 32.9 Å². The third-order valence-electron chi connectivity index (χ3n) is 3.77. The van der Waals surface area contributed by atoms with Crippen LogP contribution in [0.2, 0.25) is 5.02 Å². The molecule has 0 spiro atoms. The Morgan fingerprint density at radius 3 is 2.54 bits per heavy atom. The normalized spacial score (nSPS) is 15.9. The fourth-order valence-corrected chi connectivity index (χ4v) is 2.86. The Bertz CT molecular complexity index is 590. The molecular formula is C18H25ClN2O3. The Kier molecular flexibility index (Phi) is 6.10. The number of carbonyl (C=O) groups excluding carboxylic acids is 2. The maximum absolute atomic E-state index is 12.1. The fourth-order valence-electron chi connectivity index (χ4n) is 2.64. The van der Waals surface area contributed by atoms with Crippen LogP contribution in [0.3, 0.4) is 0 Å². The molecule has 1 fully saturated rings. The van der Waals surface area contributed by atoms with E-state index >= 15 is 0 Å². The van der Waals surface area contributed by atoms with Gasteiger partial charge in [0.15, 0.2) is 0 Å². The molecule has 2 amide bonds. The monoisotopic (exact) mass is 352 g/mol. The van der Waals surface area contributed by atoms with Crippen molar-refractivity contribution in [3.63, 3.8) is 0 Å². The minimum Gasteiger partial charge on any atom is -0.444 e. The Morgan fingerprint density at radius 1 is 1.29 bits per heavy atom. The van der Waals surface area contributed by atoms with Crippen molar-refractivity contribution in [2.75, 3.05) is 13.1 Å². The lowest BCUT2D eigenvalue weighted by atomic mass is 10.0. The fraction of sp³-hybridized carbons (Fsp3) is 0.556. The van der Waals surface area contributed by atoms with Crippen LogP contribution in [0, 0.1) is 0 Å². The molecule has 1 aliphatic rings. The first-order valence-corrected chi connectivity index (χ1v) is 8.62. The van der Waals surface area contributed by atoms with Crippen molar-refractivity contribution in [2.45, 2.75) is 51.7 Å². The Balaban J connectivity index is 1.76. The van der Waals surface area contributed by atoms with Gasteiger partial charge in [-0.15, -0.1) is 0 Å². The highest BCUT2D eigenvalue weighted by molar-refractivity contribution is 6.30. The lowest BCUT2D eigenvalue weighted by molar-refractivity contribution is -0.121. The van der Waals surface area contributed by atoms with Gasteiger partial charge < -0.3 is 15.0 Å². The molecule has 0 aliphatic carbocycles. The van der Waals surface area contributed by atoms with Gasteiger partial charge in [-0.1, -0.05) is 23.7 Å². The van der Waals surface area contributed by atoms with Crippen molar-refractivity contribution in [2.24, 2.45) is 0 Å². The number of hydrogen-bond acceptors (Lipinski definition) is 3. The van der Waals surface area contributed by atoms with Crippen molar-refractivity contribution in [1.29, 1.82) is 0 Å². The minimum absolute atomic E-state index is 0.0204. The summed E-state index contributed by atoms with van der Waals surface area (Å²) in [6, 6.07) is 7.40. The van der Waals surface area contributed by atoms with Gasteiger partial charge in [0, 0.05) is 24.2 Å². The molecule has 0 unspecified atom stereocenters. The van der Waals surface area contributed by atoms with Gasteiger partial charge in [0.1, 0.15) is 5.60 Å². The molecule has 0 radical (unpaired) electrons. The lowest BCUT2D eigenvalue weighted by Crippen LogP contribution is -2.48. The van der Waals surface area contributed by atoms with Gasteiger partial charge in [0.05, 0.1) is 6.42 Å². The van der Waals surface area contributed by atoms with Crippen LogP contribution in [0.1, 0.15) is 39.2 Å². The number of rotatable bonds is 3. The van der Waals surface area contributed by atoms with Gasteiger partial charge in [0.2, 0.25) is 5.91 Å². The van der Waals surface area contributed by atoms with Gasteiger partial charge in [-0.25, -0.2) is 4.79 Å². The number of amides is 2. The number of nitrogens with zero attached hydrogens (tertiary/aromatic N) is 1. The Morgan fingerprint density at radius 2 is 1.96 bits per heavy atom. The van der Waals surface area contributed by atoms with Crippen molar-refractivity contribution < 1.29 is 14.3 Å². The summed E-state index contributed by atoms with van der Waals surface area (Å²) in [5.74, 6) is -0.0204. The van der Waals surface area contributed by atoms with E-state index in [9.17, 15) is 9.59 Å². The summed E-state index contributed by atoms with van der Waals surface area (Å²) >= 11 is 5.93. The smallest absolute Gasteiger partial charge is 0.410 e. The molecule has 0 atom stereocenters. The largest absolute Gasteiger partial charge is 0.444 e. The van der Waals surface area contributed by atoms with E-state index in [-0.39, 0.29) is 18.0 Å². The van der Waals surface area contributed by atoms with Gasteiger partial charge >= 0.3 is 6.09 Å². The van der Waals surface area contributed by atoms with Gasteiger partial charge in [-0.2, -0.15) is 0 Å². The summed E-state index contributed by atoms with van der Waals surface area (Å²) in [6.45, 7) is 6.75. The van der Waals surface area contributed by atoms with Crippen LogP contribution in [0.4, 0.5) is 4.79 Å². The number of nitrogens with one attached hydrogen (secondary N) is 1. The summed E-state index contributed by atoms with van der Waals surface area (Å²) in [5, 5.41) is 3.66. The number of hydrogen-bond donors (Lipinski definition) is 1. The average molecular weight is 353 g/mol. The first-order chi connectivity index (χ1) is 11.2. The summed E-state index contributed by atoms with van der Waals surface area (Å²) in [6.07, 6.45) is 1.50. The third kappa shape index (κ3) is 6.04. The molecule has 6 heteroatoms. The molecule has 1 aromatic carbocycles. The molecule has 5 nitrogen and oxygen atoms in total. The number of halogens is 1. The maximum atomic E-state index is 12.1. The van der Waals surface area contributed by atoms with Crippen LogP contribution in [-0.2, 0) is 16.0 Å². The first-order valence-electron chi connectivity index (χ1n) is 8.25. The van der Waals surface area contributed by atoms with Crippen LogP contribution in [0.15, 0.2) is 24.3 Å². The topological polar surface area (TPSA) is 58.6 Å². The standard InChI is InChI=1S/C18H25ClN2O3/c1-18(2,3)24-17(23)21-9-7-15(8-10-21)20-16(22)12-13-5-4-6-14(19)11-13/h4-6,11,15H,7-10,12H2,1-3H3,(H,20,22). The zero-order valence-electron chi connectivity index (χ0n) is 14.5. The number of ether oxygens (including phenoxy) is 1. The predicted molar refractivity (Wildman–Crippen MR) is 94.1 cm³/mol. The molecule has 1 aromatic rings. The summed E-state index contributed by atoms with van der Waals surface area (Å²) < 4.78 is 5.37. The SMILES string of the molecule is CC(C)(C)OC(=O)N1CCC(NC(=O)Cc2cccc(Cl)c2)CC1. The molecule has 0 aromatic heterocycles. The summed E-state index contributed by atoms with van der Waals surface area (Å²) in [5.41, 5.74) is 0.408.